The van der Waals surface area contributed by atoms with Gasteiger partial charge in [0.25, 0.3) is 0 Å². The van der Waals surface area contributed by atoms with Crippen LogP contribution in [0.5, 0.6) is 0 Å². The van der Waals surface area contributed by atoms with E-state index >= 15 is 0 Å². The lowest BCUT2D eigenvalue weighted by molar-refractivity contribution is -0.138. The number of nitrogens with zero attached hydrogens (tertiary/aromatic N) is 3. The van der Waals surface area contributed by atoms with Crippen LogP contribution in [0, 0.1) is 0 Å². The summed E-state index contributed by atoms with van der Waals surface area (Å²) < 4.78 is 10.3. The van der Waals surface area contributed by atoms with Crippen LogP contribution in [0.2, 0.25) is 0 Å². The molecule has 0 fully saturated rings. The van der Waals surface area contributed by atoms with E-state index < -0.39 is 5.97 Å². The van der Waals surface area contributed by atoms with Crippen molar-refractivity contribution in [3.8, 4) is 0 Å². The standard InChI is InChI=1S/C11H19N3O5/c12-14-13-5-7-19-9-8-18-6-1-2-10(15)3-4-11(16)17/h1-9H2,(H,16,17). The van der Waals surface area contributed by atoms with Gasteiger partial charge >= 0.3 is 5.97 Å². The van der Waals surface area contributed by atoms with Gasteiger partial charge < -0.3 is 14.6 Å². The molecular weight excluding hydrogens is 254 g/mol. The quantitative estimate of drug-likeness (QED) is 0.236. The van der Waals surface area contributed by atoms with E-state index in [-0.39, 0.29) is 18.6 Å². The average molecular weight is 273 g/mol. The minimum Gasteiger partial charge on any atom is -0.481 e. The molecule has 8 nitrogen and oxygen atoms in total. The second-order valence-corrected chi connectivity index (χ2v) is 3.72. The van der Waals surface area contributed by atoms with Gasteiger partial charge in [-0.05, 0) is 12.0 Å². The first-order chi connectivity index (χ1) is 9.16. The van der Waals surface area contributed by atoms with Crippen molar-refractivity contribution >= 4 is 11.8 Å². The van der Waals surface area contributed by atoms with E-state index in [0.717, 1.165) is 0 Å². The lowest BCUT2D eigenvalue weighted by Crippen LogP contribution is -2.09. The zero-order valence-corrected chi connectivity index (χ0v) is 10.8. The molecule has 0 aliphatic carbocycles. The first-order valence-electron chi connectivity index (χ1n) is 6.06. The number of ketones is 1. The summed E-state index contributed by atoms with van der Waals surface area (Å²) in [6, 6.07) is 0. The van der Waals surface area contributed by atoms with Crippen molar-refractivity contribution in [2.45, 2.75) is 25.7 Å². The summed E-state index contributed by atoms with van der Waals surface area (Å²) in [5, 5.41) is 11.7. The third-order valence-corrected chi connectivity index (χ3v) is 2.13. The minimum atomic E-state index is -0.956. The van der Waals surface area contributed by atoms with Gasteiger partial charge in [-0.25, -0.2) is 0 Å². The molecule has 0 spiro atoms. The van der Waals surface area contributed by atoms with Gasteiger partial charge in [0, 0.05) is 30.9 Å². The van der Waals surface area contributed by atoms with Crippen molar-refractivity contribution in [3.05, 3.63) is 10.4 Å². The Hall–Kier alpha value is -1.63. The molecular formula is C11H19N3O5. The minimum absolute atomic E-state index is 0.0587. The van der Waals surface area contributed by atoms with Crippen LogP contribution in [0.15, 0.2) is 5.11 Å². The van der Waals surface area contributed by atoms with Crippen LogP contribution in [0.3, 0.4) is 0 Å². The van der Waals surface area contributed by atoms with Gasteiger partial charge in [-0.3, -0.25) is 9.59 Å². The summed E-state index contributed by atoms with van der Waals surface area (Å²) in [5.41, 5.74) is 8.00. The topological polar surface area (TPSA) is 122 Å². The van der Waals surface area contributed by atoms with E-state index in [0.29, 0.717) is 45.8 Å². The van der Waals surface area contributed by atoms with E-state index in [1.54, 1.807) is 0 Å². The summed E-state index contributed by atoms with van der Waals surface area (Å²) in [7, 11) is 0. The Balaban J connectivity index is 3.20. The van der Waals surface area contributed by atoms with Crippen molar-refractivity contribution < 1.29 is 24.2 Å². The lowest BCUT2D eigenvalue weighted by atomic mass is 10.1. The fraction of sp³-hybridized carbons (Fsp3) is 0.818. The van der Waals surface area contributed by atoms with Gasteiger partial charge in [0.2, 0.25) is 0 Å². The fourth-order valence-corrected chi connectivity index (χ4v) is 1.21. The van der Waals surface area contributed by atoms with Crippen LogP contribution in [-0.2, 0) is 19.1 Å². The average Bonchev–Trinajstić information content (AvgIpc) is 2.38. The molecule has 0 aromatic heterocycles. The number of carboxylic acids is 1. The summed E-state index contributed by atoms with van der Waals surface area (Å²) in [6.07, 6.45) is 0.888. The number of Topliss-reactive ketones (excluding diaryl/α,β-unsaturated/α-hetero) is 1. The summed E-state index contributed by atoms with van der Waals surface area (Å²) >= 11 is 0. The van der Waals surface area contributed by atoms with Gasteiger partial charge in [0.1, 0.15) is 5.78 Å². The zero-order chi connectivity index (χ0) is 14.3. The van der Waals surface area contributed by atoms with Gasteiger partial charge in [0.15, 0.2) is 0 Å². The molecule has 0 aromatic carbocycles. The molecule has 0 atom stereocenters. The number of aliphatic carboxylic acids is 1. The predicted octanol–water partition coefficient (Wildman–Crippen LogP) is 1.54. The highest BCUT2D eigenvalue weighted by Gasteiger charge is 2.05. The zero-order valence-electron chi connectivity index (χ0n) is 10.8. The second kappa shape index (κ2) is 12.8. The Morgan fingerprint density at radius 1 is 1.05 bits per heavy atom. The number of carboxylic acid groups (broad SMARTS) is 1. The maximum atomic E-state index is 11.2. The van der Waals surface area contributed by atoms with Crippen LogP contribution in [0.1, 0.15) is 25.7 Å². The molecule has 0 bridgehead atoms. The first kappa shape index (κ1) is 17.4. The van der Waals surface area contributed by atoms with Crippen LogP contribution in [-0.4, -0.2) is 49.8 Å². The van der Waals surface area contributed by atoms with E-state index in [4.69, 9.17) is 20.1 Å². The highest BCUT2D eigenvalue weighted by Crippen LogP contribution is 1.99. The molecule has 0 unspecified atom stereocenters. The lowest BCUT2D eigenvalue weighted by Gasteiger charge is -2.04. The maximum absolute atomic E-state index is 11.2. The number of azide groups is 1. The number of ether oxygens (including phenoxy) is 2. The normalized spacial score (nSPS) is 9.89. The Bertz CT molecular complexity index is 315. The molecule has 0 amide bonds. The van der Waals surface area contributed by atoms with Crippen LogP contribution in [0.4, 0.5) is 0 Å². The molecule has 0 saturated carbocycles. The molecule has 0 aromatic rings. The molecule has 0 rings (SSSR count). The molecule has 0 radical (unpaired) electrons. The van der Waals surface area contributed by atoms with Crippen molar-refractivity contribution in [1.29, 1.82) is 0 Å². The van der Waals surface area contributed by atoms with Crippen molar-refractivity contribution in [2.75, 3.05) is 33.0 Å². The smallest absolute Gasteiger partial charge is 0.303 e. The van der Waals surface area contributed by atoms with E-state index in [1.807, 2.05) is 0 Å². The van der Waals surface area contributed by atoms with E-state index in [9.17, 15) is 9.59 Å². The van der Waals surface area contributed by atoms with E-state index in [2.05, 4.69) is 10.0 Å². The van der Waals surface area contributed by atoms with Crippen molar-refractivity contribution in [2.24, 2.45) is 5.11 Å². The second-order valence-electron chi connectivity index (χ2n) is 3.72. The maximum Gasteiger partial charge on any atom is 0.303 e. The van der Waals surface area contributed by atoms with Gasteiger partial charge in [-0.1, -0.05) is 5.11 Å². The third-order valence-electron chi connectivity index (χ3n) is 2.13. The van der Waals surface area contributed by atoms with Crippen LogP contribution >= 0.6 is 0 Å². The molecule has 19 heavy (non-hydrogen) atoms. The van der Waals surface area contributed by atoms with Crippen molar-refractivity contribution in [3.63, 3.8) is 0 Å². The summed E-state index contributed by atoms with van der Waals surface area (Å²) in [6.45, 7) is 1.93. The van der Waals surface area contributed by atoms with E-state index in [1.165, 1.54) is 0 Å². The first-order valence-corrected chi connectivity index (χ1v) is 6.06. The summed E-state index contributed by atoms with van der Waals surface area (Å²) in [5.74, 6) is -1.01. The van der Waals surface area contributed by atoms with Crippen LogP contribution < -0.4 is 0 Å². The molecule has 0 aliphatic heterocycles. The Labute approximate surface area is 111 Å². The highest BCUT2D eigenvalue weighted by atomic mass is 16.5. The van der Waals surface area contributed by atoms with Crippen LogP contribution in [0.25, 0.3) is 10.4 Å². The van der Waals surface area contributed by atoms with Gasteiger partial charge in [-0.15, -0.1) is 0 Å². The largest absolute Gasteiger partial charge is 0.481 e. The molecule has 8 heteroatoms. The number of carbonyl (C=O) groups is 2. The number of hydrogen-bond acceptors (Lipinski definition) is 5. The fourth-order valence-electron chi connectivity index (χ4n) is 1.21. The van der Waals surface area contributed by atoms with Crippen molar-refractivity contribution in [1.82, 2.24) is 0 Å². The van der Waals surface area contributed by atoms with Gasteiger partial charge in [0.05, 0.1) is 26.2 Å². The molecule has 0 aliphatic rings. The highest BCUT2D eigenvalue weighted by molar-refractivity contribution is 5.82. The Morgan fingerprint density at radius 2 is 1.74 bits per heavy atom. The molecule has 0 heterocycles. The molecule has 0 saturated heterocycles. The van der Waals surface area contributed by atoms with Gasteiger partial charge in [-0.2, -0.15) is 0 Å². The summed E-state index contributed by atoms with van der Waals surface area (Å²) in [4.78, 5) is 24.0. The SMILES string of the molecule is [N-]=[N+]=NCCOCCOCCCC(=O)CCC(=O)O. The monoisotopic (exact) mass is 273 g/mol. The Morgan fingerprint density at radius 3 is 2.37 bits per heavy atom. The number of hydrogen-bond donors (Lipinski definition) is 1. The molecule has 108 valence electrons. The predicted molar refractivity (Wildman–Crippen MR) is 66.8 cm³/mol. The Kier molecular flexibility index (Phi) is 11.7. The third kappa shape index (κ3) is 14.3. The number of carbonyl (C=O) groups excluding carboxylic acids is 1. The molecule has 1 N–H and O–H groups in total. The number of rotatable bonds is 13.